The lowest BCUT2D eigenvalue weighted by Crippen LogP contribution is -2.36. The largest absolute Gasteiger partial charge is 0.352 e. The molecule has 0 radical (unpaired) electrons. The van der Waals surface area contributed by atoms with Crippen LogP contribution in [0.3, 0.4) is 0 Å². The molecule has 22 heavy (non-hydrogen) atoms. The van der Waals surface area contributed by atoms with Crippen molar-refractivity contribution in [3.63, 3.8) is 0 Å². The van der Waals surface area contributed by atoms with Crippen molar-refractivity contribution in [2.24, 2.45) is 4.99 Å². The van der Waals surface area contributed by atoms with Gasteiger partial charge in [-0.25, -0.2) is 13.8 Å². The summed E-state index contributed by atoms with van der Waals surface area (Å²) in [5.41, 5.74) is 1.19. The molecule has 0 saturated carbocycles. The first-order chi connectivity index (χ1) is 10.6. The van der Waals surface area contributed by atoms with Gasteiger partial charge in [-0.1, -0.05) is 6.92 Å². The molecule has 0 atom stereocenters. The maximum absolute atomic E-state index is 13.5. The van der Waals surface area contributed by atoms with E-state index in [9.17, 15) is 8.78 Å². The molecule has 1 aromatic carbocycles. The molecule has 4 nitrogen and oxygen atoms in total. The fourth-order valence-electron chi connectivity index (χ4n) is 1.85. The lowest BCUT2D eigenvalue weighted by atomic mass is 10.2. The minimum Gasteiger partial charge on any atom is -0.352 e. The van der Waals surface area contributed by atoms with Gasteiger partial charge in [0, 0.05) is 24.5 Å². The highest BCUT2D eigenvalue weighted by Gasteiger charge is 2.06. The summed E-state index contributed by atoms with van der Waals surface area (Å²) in [5.74, 6) is -0.401. The van der Waals surface area contributed by atoms with E-state index >= 15 is 0 Å². The molecule has 0 fully saturated rings. The summed E-state index contributed by atoms with van der Waals surface area (Å²) >= 11 is 1.62. The van der Waals surface area contributed by atoms with Crippen LogP contribution in [0.25, 0.3) is 0 Å². The zero-order valence-corrected chi connectivity index (χ0v) is 13.3. The van der Waals surface area contributed by atoms with Crippen LogP contribution >= 0.6 is 11.3 Å². The quantitative estimate of drug-likeness (QED) is 0.657. The Morgan fingerprint density at radius 2 is 2.05 bits per heavy atom. The summed E-state index contributed by atoms with van der Waals surface area (Å²) in [5, 5.41) is 9.12. The van der Waals surface area contributed by atoms with Gasteiger partial charge in [0.25, 0.3) is 0 Å². The van der Waals surface area contributed by atoms with Gasteiger partial charge >= 0.3 is 0 Å². The lowest BCUT2D eigenvalue weighted by Gasteiger charge is -2.11. The van der Waals surface area contributed by atoms with E-state index in [1.165, 1.54) is 6.07 Å². The van der Waals surface area contributed by atoms with Crippen molar-refractivity contribution in [1.82, 2.24) is 15.6 Å². The highest BCUT2D eigenvalue weighted by atomic mass is 32.1. The van der Waals surface area contributed by atoms with Crippen LogP contribution in [0.5, 0.6) is 0 Å². The van der Waals surface area contributed by atoms with Crippen molar-refractivity contribution >= 4 is 17.3 Å². The third-order valence-electron chi connectivity index (χ3n) is 3.02. The molecule has 7 heteroatoms. The second-order valence-electron chi connectivity index (χ2n) is 4.60. The SMILES string of the molecule is CCc1nc(CNC(=NC)NCc2cc(F)ccc2F)cs1. The molecular formula is C15H18F2N4S. The van der Waals surface area contributed by atoms with Crippen LogP contribution in [0, 0.1) is 11.6 Å². The number of nitrogens with one attached hydrogen (secondary N) is 2. The Morgan fingerprint density at radius 1 is 1.27 bits per heavy atom. The van der Waals surface area contributed by atoms with Crippen LogP contribution in [0.1, 0.15) is 23.2 Å². The van der Waals surface area contributed by atoms with Crippen LogP contribution in [0.4, 0.5) is 8.78 Å². The number of guanidine groups is 1. The third kappa shape index (κ3) is 4.49. The fraction of sp³-hybridized carbons (Fsp3) is 0.333. The molecule has 0 saturated heterocycles. The number of aliphatic imine (C=N–C) groups is 1. The smallest absolute Gasteiger partial charge is 0.191 e. The summed E-state index contributed by atoms with van der Waals surface area (Å²) in [6.45, 7) is 2.74. The first kappa shape index (κ1) is 16.4. The van der Waals surface area contributed by atoms with Crippen molar-refractivity contribution in [2.45, 2.75) is 26.4 Å². The van der Waals surface area contributed by atoms with E-state index in [2.05, 4.69) is 27.5 Å². The molecular weight excluding hydrogens is 306 g/mol. The average molecular weight is 324 g/mol. The summed E-state index contributed by atoms with van der Waals surface area (Å²) in [6.07, 6.45) is 0.913. The van der Waals surface area contributed by atoms with Gasteiger partial charge in [0.1, 0.15) is 11.6 Å². The molecule has 2 N–H and O–H groups in total. The maximum Gasteiger partial charge on any atom is 0.191 e. The van der Waals surface area contributed by atoms with Gasteiger partial charge in [-0.3, -0.25) is 4.99 Å². The molecule has 1 heterocycles. The Labute approximate surface area is 132 Å². The average Bonchev–Trinajstić information content (AvgIpc) is 2.98. The predicted octanol–water partition coefficient (Wildman–Crippen LogP) is 2.85. The van der Waals surface area contributed by atoms with E-state index in [1.54, 1.807) is 18.4 Å². The van der Waals surface area contributed by atoms with Gasteiger partial charge in [0.05, 0.1) is 17.2 Å². The standard InChI is InChI=1S/C15H18F2N4S/c1-3-14-21-12(9-22-14)8-20-15(18-2)19-7-10-6-11(16)4-5-13(10)17/h4-6,9H,3,7-8H2,1-2H3,(H2,18,19,20). The molecule has 2 aromatic rings. The Balaban J connectivity index is 1.88. The summed E-state index contributed by atoms with van der Waals surface area (Å²) in [4.78, 5) is 8.49. The van der Waals surface area contributed by atoms with E-state index in [-0.39, 0.29) is 12.1 Å². The molecule has 0 aliphatic rings. The Morgan fingerprint density at radius 3 is 2.73 bits per heavy atom. The van der Waals surface area contributed by atoms with Gasteiger partial charge in [0.15, 0.2) is 5.96 Å². The maximum atomic E-state index is 13.5. The second-order valence-corrected chi connectivity index (χ2v) is 5.54. The van der Waals surface area contributed by atoms with Crippen molar-refractivity contribution < 1.29 is 8.78 Å². The summed E-state index contributed by atoms with van der Waals surface area (Å²) < 4.78 is 26.7. The van der Waals surface area contributed by atoms with E-state index < -0.39 is 11.6 Å². The highest BCUT2D eigenvalue weighted by molar-refractivity contribution is 7.09. The highest BCUT2D eigenvalue weighted by Crippen LogP contribution is 2.10. The van der Waals surface area contributed by atoms with E-state index in [0.717, 1.165) is 29.3 Å². The van der Waals surface area contributed by atoms with Gasteiger partial charge < -0.3 is 10.6 Å². The monoisotopic (exact) mass is 324 g/mol. The van der Waals surface area contributed by atoms with Crippen LogP contribution in [0.15, 0.2) is 28.6 Å². The van der Waals surface area contributed by atoms with Gasteiger partial charge in [-0.2, -0.15) is 0 Å². The molecule has 0 spiro atoms. The molecule has 0 aliphatic heterocycles. The fourth-order valence-corrected chi connectivity index (χ4v) is 2.59. The van der Waals surface area contributed by atoms with Gasteiger partial charge in [-0.15, -0.1) is 11.3 Å². The molecule has 2 rings (SSSR count). The first-order valence-corrected chi connectivity index (χ1v) is 7.82. The second kappa shape index (κ2) is 7.84. The minimum atomic E-state index is -0.462. The summed E-state index contributed by atoms with van der Waals surface area (Å²) in [6, 6.07) is 3.38. The molecule has 1 aromatic heterocycles. The zero-order valence-electron chi connectivity index (χ0n) is 12.5. The first-order valence-electron chi connectivity index (χ1n) is 6.94. The Bertz CT molecular complexity index is 655. The Hall–Kier alpha value is -2.02. The van der Waals surface area contributed by atoms with Gasteiger partial charge in [-0.05, 0) is 24.6 Å². The van der Waals surface area contributed by atoms with Crippen molar-refractivity contribution in [3.8, 4) is 0 Å². The Kier molecular flexibility index (Phi) is 5.83. The van der Waals surface area contributed by atoms with Crippen molar-refractivity contribution in [1.29, 1.82) is 0 Å². The number of aromatic nitrogens is 1. The van der Waals surface area contributed by atoms with Crippen LogP contribution in [-0.4, -0.2) is 18.0 Å². The lowest BCUT2D eigenvalue weighted by molar-refractivity contribution is 0.581. The van der Waals surface area contributed by atoms with Crippen LogP contribution in [0.2, 0.25) is 0 Å². The van der Waals surface area contributed by atoms with Crippen LogP contribution < -0.4 is 10.6 Å². The van der Waals surface area contributed by atoms with E-state index in [4.69, 9.17) is 0 Å². The molecule has 0 aliphatic carbocycles. The molecule has 0 bridgehead atoms. The van der Waals surface area contributed by atoms with Crippen molar-refractivity contribution in [3.05, 3.63) is 51.5 Å². The predicted molar refractivity (Wildman–Crippen MR) is 84.9 cm³/mol. The number of nitrogens with zero attached hydrogens (tertiary/aromatic N) is 2. The molecule has 0 unspecified atom stereocenters. The molecule has 0 amide bonds. The number of benzene rings is 1. The number of hydrogen-bond acceptors (Lipinski definition) is 3. The number of aryl methyl sites for hydroxylation is 1. The van der Waals surface area contributed by atoms with Gasteiger partial charge in [0.2, 0.25) is 0 Å². The third-order valence-corrected chi connectivity index (χ3v) is 4.06. The topological polar surface area (TPSA) is 49.3 Å². The molecule has 118 valence electrons. The van der Waals surface area contributed by atoms with Crippen molar-refractivity contribution in [2.75, 3.05) is 7.05 Å². The van der Waals surface area contributed by atoms with Crippen LogP contribution in [-0.2, 0) is 19.5 Å². The normalized spacial score (nSPS) is 11.5. The zero-order chi connectivity index (χ0) is 15.9. The number of thiazole rings is 1. The van der Waals surface area contributed by atoms with E-state index in [1.807, 2.05) is 5.38 Å². The number of halogens is 2. The minimum absolute atomic E-state index is 0.153. The number of rotatable bonds is 5. The summed E-state index contributed by atoms with van der Waals surface area (Å²) in [7, 11) is 1.62. The number of hydrogen-bond donors (Lipinski definition) is 2. The van der Waals surface area contributed by atoms with E-state index in [0.29, 0.717) is 12.5 Å².